The number of benzene rings is 3. The minimum absolute atomic E-state index is 0.0557. The van der Waals surface area contributed by atoms with E-state index in [4.69, 9.17) is 0 Å². The van der Waals surface area contributed by atoms with Gasteiger partial charge in [0.05, 0.1) is 22.2 Å². The lowest BCUT2D eigenvalue weighted by atomic mass is 9.93. The molecular formula is C25H16F6N2O. The molecule has 174 valence electrons. The molecule has 0 aliphatic carbocycles. The lowest BCUT2D eigenvalue weighted by Gasteiger charge is -2.15. The topological polar surface area (TPSA) is 45.8 Å². The molecule has 3 aromatic carbocycles. The number of hydrogen-bond donors (Lipinski definition) is 1. The van der Waals surface area contributed by atoms with Gasteiger partial charge in [0.15, 0.2) is 5.78 Å². The SMILES string of the molecule is CC(=O)c1ccccc1-c1cc2nc(/C=C/c3ccccc3C(F)(F)F)[nH]c2cc1C(F)(F)F. The van der Waals surface area contributed by atoms with Gasteiger partial charge in [-0.3, -0.25) is 4.79 Å². The van der Waals surface area contributed by atoms with Crippen molar-refractivity contribution in [1.82, 2.24) is 9.97 Å². The number of nitrogens with one attached hydrogen (secondary N) is 1. The lowest BCUT2D eigenvalue weighted by Crippen LogP contribution is -2.08. The summed E-state index contributed by atoms with van der Waals surface area (Å²) >= 11 is 0. The van der Waals surface area contributed by atoms with E-state index in [9.17, 15) is 31.1 Å². The van der Waals surface area contributed by atoms with Gasteiger partial charge in [0.25, 0.3) is 0 Å². The quantitative estimate of drug-likeness (QED) is 0.244. The fourth-order valence-corrected chi connectivity index (χ4v) is 3.71. The number of Topliss-reactive ketones (excluding diaryl/α,β-unsaturated/α-hetero) is 1. The molecule has 9 heteroatoms. The Balaban J connectivity index is 1.84. The van der Waals surface area contributed by atoms with Crippen molar-refractivity contribution in [2.24, 2.45) is 0 Å². The maximum absolute atomic E-state index is 13.9. The largest absolute Gasteiger partial charge is 0.417 e. The Labute approximate surface area is 189 Å². The zero-order chi connectivity index (χ0) is 24.7. The highest BCUT2D eigenvalue weighted by atomic mass is 19.4. The first-order valence-corrected chi connectivity index (χ1v) is 10.0. The number of nitrogens with zero attached hydrogens (tertiary/aromatic N) is 1. The number of hydrogen-bond acceptors (Lipinski definition) is 2. The predicted molar refractivity (Wildman–Crippen MR) is 117 cm³/mol. The summed E-state index contributed by atoms with van der Waals surface area (Å²) in [5.74, 6) is -0.310. The van der Waals surface area contributed by atoms with Crippen molar-refractivity contribution < 1.29 is 31.1 Å². The molecule has 0 bridgehead atoms. The molecule has 0 atom stereocenters. The molecule has 0 amide bonds. The molecule has 3 nitrogen and oxygen atoms in total. The molecule has 4 aromatic rings. The van der Waals surface area contributed by atoms with Crippen molar-refractivity contribution in [3.63, 3.8) is 0 Å². The van der Waals surface area contributed by atoms with E-state index in [1.165, 1.54) is 61.5 Å². The number of carbonyl (C=O) groups is 1. The molecule has 0 aliphatic rings. The highest BCUT2D eigenvalue weighted by Gasteiger charge is 2.35. The number of H-pyrrole nitrogens is 1. The molecule has 0 saturated carbocycles. The molecule has 1 heterocycles. The third-order valence-electron chi connectivity index (χ3n) is 5.23. The average Bonchev–Trinajstić information content (AvgIpc) is 3.18. The fourth-order valence-electron chi connectivity index (χ4n) is 3.71. The van der Waals surface area contributed by atoms with E-state index >= 15 is 0 Å². The van der Waals surface area contributed by atoms with E-state index in [-0.39, 0.29) is 39.1 Å². The molecule has 1 N–H and O–H groups in total. The Kier molecular flexibility index (Phi) is 5.80. The Bertz CT molecular complexity index is 1410. The Morgan fingerprint density at radius 1 is 0.824 bits per heavy atom. The molecule has 1 aromatic heterocycles. The van der Waals surface area contributed by atoms with E-state index in [0.717, 1.165) is 12.1 Å². The molecule has 0 saturated heterocycles. The van der Waals surface area contributed by atoms with Gasteiger partial charge < -0.3 is 4.98 Å². The number of rotatable bonds is 4. The third-order valence-corrected chi connectivity index (χ3v) is 5.23. The number of fused-ring (bicyclic) bond motifs is 1. The standard InChI is InChI=1S/C25H16F6N2O/c1-14(34)16-7-3-4-8-17(16)18-12-21-22(13-20(18)25(29,30)31)33-23(32-21)11-10-15-6-2-5-9-19(15)24(26,27)28/h2-13H,1H3,(H,32,33)/b11-10+. The molecule has 0 fully saturated rings. The maximum atomic E-state index is 13.9. The van der Waals surface area contributed by atoms with Gasteiger partial charge in [-0.15, -0.1) is 0 Å². The summed E-state index contributed by atoms with van der Waals surface area (Å²) in [6, 6.07) is 13.0. The first-order chi connectivity index (χ1) is 15.9. The van der Waals surface area contributed by atoms with Crippen molar-refractivity contribution in [3.05, 3.63) is 88.7 Å². The summed E-state index contributed by atoms with van der Waals surface area (Å²) in [5.41, 5.74) is -1.65. The van der Waals surface area contributed by atoms with Gasteiger partial charge in [-0.1, -0.05) is 48.5 Å². The van der Waals surface area contributed by atoms with Crippen molar-refractivity contribution in [2.45, 2.75) is 19.3 Å². The molecule has 0 aliphatic heterocycles. The van der Waals surface area contributed by atoms with Gasteiger partial charge in [-0.25, -0.2) is 4.98 Å². The van der Waals surface area contributed by atoms with Crippen LogP contribution in [0, 0.1) is 0 Å². The predicted octanol–water partition coefficient (Wildman–Crippen LogP) is 7.64. The minimum atomic E-state index is -4.72. The highest BCUT2D eigenvalue weighted by molar-refractivity contribution is 6.02. The van der Waals surface area contributed by atoms with Crippen LogP contribution in [0.2, 0.25) is 0 Å². The van der Waals surface area contributed by atoms with Gasteiger partial charge in [0, 0.05) is 5.56 Å². The second-order valence-corrected chi connectivity index (χ2v) is 7.55. The highest BCUT2D eigenvalue weighted by Crippen LogP contribution is 2.40. The van der Waals surface area contributed by atoms with Crippen LogP contribution >= 0.6 is 0 Å². The van der Waals surface area contributed by atoms with Crippen molar-refractivity contribution in [2.75, 3.05) is 0 Å². The number of imidazole rings is 1. The summed E-state index contributed by atoms with van der Waals surface area (Å²) in [7, 11) is 0. The Morgan fingerprint density at radius 3 is 2.15 bits per heavy atom. The van der Waals surface area contributed by atoms with Crippen LogP contribution in [0.4, 0.5) is 26.3 Å². The van der Waals surface area contributed by atoms with E-state index in [2.05, 4.69) is 9.97 Å². The second-order valence-electron chi connectivity index (χ2n) is 7.55. The number of aromatic amines is 1. The van der Waals surface area contributed by atoms with Gasteiger partial charge in [0.1, 0.15) is 5.82 Å². The van der Waals surface area contributed by atoms with E-state index in [0.29, 0.717) is 0 Å². The van der Waals surface area contributed by atoms with Crippen molar-refractivity contribution in [1.29, 1.82) is 0 Å². The van der Waals surface area contributed by atoms with Crippen molar-refractivity contribution in [3.8, 4) is 11.1 Å². The van der Waals surface area contributed by atoms with Gasteiger partial charge in [-0.05, 0) is 47.9 Å². The van der Waals surface area contributed by atoms with Crippen LogP contribution in [-0.2, 0) is 12.4 Å². The maximum Gasteiger partial charge on any atom is 0.417 e. The number of carbonyl (C=O) groups excluding carboxylic acids is 1. The number of alkyl halides is 6. The Morgan fingerprint density at radius 2 is 1.47 bits per heavy atom. The van der Waals surface area contributed by atoms with E-state index < -0.39 is 29.3 Å². The van der Waals surface area contributed by atoms with Gasteiger partial charge in [0.2, 0.25) is 0 Å². The van der Waals surface area contributed by atoms with Crippen LogP contribution in [0.3, 0.4) is 0 Å². The first-order valence-electron chi connectivity index (χ1n) is 10.0. The second kappa shape index (κ2) is 8.48. The number of ketones is 1. The molecule has 4 rings (SSSR count). The molecule has 0 radical (unpaired) electrons. The van der Waals surface area contributed by atoms with Crippen LogP contribution in [0.1, 0.15) is 39.8 Å². The van der Waals surface area contributed by atoms with Crippen LogP contribution in [0.5, 0.6) is 0 Å². The van der Waals surface area contributed by atoms with Crippen LogP contribution in [0.25, 0.3) is 34.3 Å². The molecule has 0 unspecified atom stereocenters. The monoisotopic (exact) mass is 474 g/mol. The third kappa shape index (κ3) is 4.59. The first kappa shape index (κ1) is 23.3. The fraction of sp³-hybridized carbons (Fsp3) is 0.120. The normalized spacial score (nSPS) is 12.6. The Hall–Kier alpha value is -3.88. The van der Waals surface area contributed by atoms with Crippen LogP contribution < -0.4 is 0 Å². The summed E-state index contributed by atoms with van der Waals surface area (Å²) in [5, 5.41) is 0. The molecule has 34 heavy (non-hydrogen) atoms. The zero-order valence-corrected chi connectivity index (χ0v) is 17.6. The van der Waals surface area contributed by atoms with Crippen molar-refractivity contribution >= 4 is 29.0 Å². The summed E-state index contributed by atoms with van der Waals surface area (Å²) < 4.78 is 81.3. The summed E-state index contributed by atoms with van der Waals surface area (Å²) in [6.45, 7) is 1.26. The average molecular weight is 474 g/mol. The van der Waals surface area contributed by atoms with Gasteiger partial charge in [-0.2, -0.15) is 26.3 Å². The van der Waals surface area contributed by atoms with Crippen LogP contribution in [-0.4, -0.2) is 15.8 Å². The number of aromatic nitrogens is 2. The van der Waals surface area contributed by atoms with Gasteiger partial charge >= 0.3 is 12.4 Å². The minimum Gasteiger partial charge on any atom is -0.338 e. The molecular weight excluding hydrogens is 458 g/mol. The van der Waals surface area contributed by atoms with Crippen LogP contribution in [0.15, 0.2) is 60.7 Å². The zero-order valence-electron chi connectivity index (χ0n) is 17.6. The summed E-state index contributed by atoms with van der Waals surface area (Å²) in [4.78, 5) is 18.9. The summed E-state index contributed by atoms with van der Waals surface area (Å²) in [6.07, 6.45) is -6.83. The van der Waals surface area contributed by atoms with E-state index in [1.807, 2.05) is 0 Å². The number of halogens is 6. The van der Waals surface area contributed by atoms with E-state index in [1.54, 1.807) is 6.07 Å². The lowest BCUT2D eigenvalue weighted by molar-refractivity contribution is -0.138. The molecule has 0 spiro atoms. The smallest absolute Gasteiger partial charge is 0.338 e.